The Labute approximate surface area is 295 Å². The van der Waals surface area contributed by atoms with Gasteiger partial charge in [0.25, 0.3) is 5.56 Å². The summed E-state index contributed by atoms with van der Waals surface area (Å²) >= 11 is 0. The Morgan fingerprint density at radius 3 is 2.26 bits per heavy atom. The number of hydrogen-bond acceptors (Lipinski definition) is 4. The van der Waals surface area contributed by atoms with Crippen LogP contribution in [0.2, 0.25) is 0 Å². The summed E-state index contributed by atoms with van der Waals surface area (Å²) in [5.74, 6) is -3.33. The molecule has 1 saturated heterocycles. The molecule has 2 aromatic carbocycles. The number of nitrogens with one attached hydrogen (secondary N) is 1. The highest BCUT2D eigenvalue weighted by atomic mass is 32.1. The molecule has 1 amide bonds. The second-order valence-corrected chi connectivity index (χ2v) is 13.9. The topological polar surface area (TPSA) is 91.6 Å². The van der Waals surface area contributed by atoms with Crippen LogP contribution in [0.15, 0.2) is 41.3 Å². The third kappa shape index (κ3) is 8.95. The number of aryl methyl sites for hydroxylation is 2. The first-order valence-corrected chi connectivity index (χ1v) is 16.7. The van der Waals surface area contributed by atoms with Gasteiger partial charge in [0.05, 0.1) is 18.0 Å². The summed E-state index contributed by atoms with van der Waals surface area (Å²) < 4.78 is 73.4. The number of likely N-dealkylation sites (tertiary alicyclic amines) is 1. The van der Waals surface area contributed by atoms with Gasteiger partial charge in [-0.05, 0) is 129 Å². The molecule has 1 unspecified atom stereocenters. The zero-order valence-corrected chi connectivity index (χ0v) is 29.6. The molecule has 13 heteroatoms. The van der Waals surface area contributed by atoms with E-state index in [4.69, 9.17) is 0 Å². The van der Waals surface area contributed by atoms with Crippen LogP contribution < -0.4 is 10.9 Å². The zero-order valence-electron chi connectivity index (χ0n) is 28.6. The number of aromatic nitrogens is 1. The minimum Gasteiger partial charge on any atom is -0.481 e. The van der Waals surface area contributed by atoms with E-state index in [1.54, 1.807) is 26.8 Å². The van der Waals surface area contributed by atoms with E-state index >= 15 is 4.39 Å². The molecule has 1 saturated carbocycles. The number of carboxylic acids is 1. The third-order valence-corrected chi connectivity index (χ3v) is 9.44. The molecule has 2 heterocycles. The van der Waals surface area contributed by atoms with Gasteiger partial charge >= 0.3 is 12.1 Å². The fourth-order valence-corrected chi connectivity index (χ4v) is 6.73. The van der Waals surface area contributed by atoms with E-state index in [9.17, 15) is 37.1 Å². The number of aliphatic carboxylic acids is 1. The van der Waals surface area contributed by atoms with E-state index in [-0.39, 0.29) is 54.9 Å². The molecule has 1 aromatic heterocycles. The lowest BCUT2D eigenvalue weighted by Crippen LogP contribution is -2.41. The quantitative estimate of drug-likeness (QED) is 0.178. The SMILES string of the molecule is Cc1cc(-c2c(C)cc(F)cc2C2CC2)cc([C@H](CC(=O)O)NC(=O)C(CC(C)C)n2cc(CCN3CCC3)c(C(F)(F)F)cc2=O)c1F.S. The second kappa shape index (κ2) is 15.7. The molecule has 3 aromatic rings. The van der Waals surface area contributed by atoms with Crippen molar-refractivity contribution < 1.29 is 36.6 Å². The summed E-state index contributed by atoms with van der Waals surface area (Å²) in [4.78, 5) is 41.4. The fourth-order valence-electron chi connectivity index (χ4n) is 6.73. The van der Waals surface area contributed by atoms with Crippen molar-refractivity contribution in [2.24, 2.45) is 5.92 Å². The number of amides is 1. The maximum Gasteiger partial charge on any atom is 0.416 e. The van der Waals surface area contributed by atoms with Crippen LogP contribution in [0.25, 0.3) is 11.1 Å². The third-order valence-electron chi connectivity index (χ3n) is 9.44. The van der Waals surface area contributed by atoms with E-state index in [1.165, 1.54) is 25.1 Å². The average molecular weight is 722 g/mol. The Balaban J connectivity index is 0.00000562. The first-order chi connectivity index (χ1) is 23.0. The summed E-state index contributed by atoms with van der Waals surface area (Å²) in [5, 5.41) is 12.5. The molecule has 0 bridgehead atoms. The average Bonchev–Trinajstić information content (AvgIpc) is 3.81. The highest BCUT2D eigenvalue weighted by molar-refractivity contribution is 7.59. The summed E-state index contributed by atoms with van der Waals surface area (Å²) in [7, 11) is 0. The van der Waals surface area contributed by atoms with Gasteiger partial charge < -0.3 is 19.9 Å². The van der Waals surface area contributed by atoms with E-state index in [0.29, 0.717) is 29.3 Å². The number of alkyl halides is 3. The number of carboxylic acid groups (broad SMARTS) is 1. The molecule has 2 atom stereocenters. The number of benzene rings is 2. The standard InChI is InChI=1S/C37H42F5N3O4.H2S/c1-20(2)12-31(45-19-24(8-11-44-9-5-10-44)29(17-32(45)46)37(40,41)42)36(49)43-30(18-33(47)48)28-15-25(13-22(4)35(28)39)34-21(3)14-26(38)16-27(34)23-6-7-23;/h13-17,19-20,23,30-31H,5-12,18H2,1-4H3,(H,43,49)(H,47,48);1H2/t30-,31?;/m0./s1. The Morgan fingerprint density at radius 2 is 1.70 bits per heavy atom. The van der Waals surface area contributed by atoms with Crippen LogP contribution in [0, 0.1) is 31.4 Å². The van der Waals surface area contributed by atoms with Crippen LogP contribution in [-0.2, 0) is 22.2 Å². The molecule has 2 fully saturated rings. The van der Waals surface area contributed by atoms with Gasteiger partial charge in [-0.25, -0.2) is 8.78 Å². The molecule has 2 N–H and O–H groups in total. The van der Waals surface area contributed by atoms with Crippen molar-refractivity contribution in [3.63, 3.8) is 0 Å². The molecule has 5 rings (SSSR count). The monoisotopic (exact) mass is 721 g/mol. The lowest BCUT2D eigenvalue weighted by Gasteiger charge is -2.31. The van der Waals surface area contributed by atoms with Crippen LogP contribution in [0.1, 0.15) is 97.3 Å². The van der Waals surface area contributed by atoms with Crippen molar-refractivity contribution in [2.75, 3.05) is 19.6 Å². The van der Waals surface area contributed by atoms with Crippen LogP contribution in [0.4, 0.5) is 22.0 Å². The Morgan fingerprint density at radius 1 is 1.02 bits per heavy atom. The van der Waals surface area contributed by atoms with Crippen LogP contribution in [-0.4, -0.2) is 46.1 Å². The maximum atomic E-state index is 15.9. The van der Waals surface area contributed by atoms with Crippen molar-refractivity contribution in [1.29, 1.82) is 0 Å². The van der Waals surface area contributed by atoms with E-state index < -0.39 is 59.3 Å². The van der Waals surface area contributed by atoms with Crippen molar-refractivity contribution in [2.45, 2.75) is 90.4 Å². The zero-order chi connectivity index (χ0) is 35.8. The number of rotatable bonds is 13. The Bertz CT molecular complexity index is 1800. The van der Waals surface area contributed by atoms with Gasteiger partial charge in [0, 0.05) is 24.4 Å². The molecule has 0 spiro atoms. The summed E-state index contributed by atoms with van der Waals surface area (Å²) in [6, 6.07) is 3.74. The predicted molar refractivity (Wildman–Crippen MR) is 186 cm³/mol. The van der Waals surface area contributed by atoms with Crippen molar-refractivity contribution >= 4 is 25.4 Å². The first kappa shape index (κ1) is 39.1. The molecular formula is C37H44F5N3O4S. The Kier molecular flexibility index (Phi) is 12.3. The number of pyridine rings is 1. The molecule has 1 aliphatic carbocycles. The number of nitrogens with zero attached hydrogens (tertiary/aromatic N) is 2. The highest BCUT2D eigenvalue weighted by Gasteiger charge is 2.36. The second-order valence-electron chi connectivity index (χ2n) is 13.9. The maximum absolute atomic E-state index is 15.9. The van der Waals surface area contributed by atoms with Gasteiger partial charge in [-0.2, -0.15) is 26.7 Å². The van der Waals surface area contributed by atoms with Crippen molar-refractivity contribution in [3.05, 3.63) is 91.9 Å². The summed E-state index contributed by atoms with van der Waals surface area (Å²) in [6.07, 6.45) is -1.64. The van der Waals surface area contributed by atoms with Gasteiger partial charge in [-0.1, -0.05) is 13.8 Å². The lowest BCUT2D eigenvalue weighted by atomic mass is 9.88. The lowest BCUT2D eigenvalue weighted by molar-refractivity contribution is -0.139. The van der Waals surface area contributed by atoms with Gasteiger partial charge in [-0.15, -0.1) is 0 Å². The molecule has 1 aliphatic heterocycles. The van der Waals surface area contributed by atoms with E-state index in [0.717, 1.165) is 48.7 Å². The normalized spacial score (nSPS) is 16.0. The van der Waals surface area contributed by atoms with Crippen molar-refractivity contribution in [1.82, 2.24) is 14.8 Å². The molecule has 272 valence electrons. The molecule has 7 nitrogen and oxygen atoms in total. The fraction of sp³-hybridized carbons (Fsp3) is 0.486. The van der Waals surface area contributed by atoms with Gasteiger partial charge in [0.1, 0.15) is 17.7 Å². The number of halogens is 5. The minimum absolute atomic E-state index is 0. The molecule has 2 aliphatic rings. The van der Waals surface area contributed by atoms with Crippen LogP contribution in [0.5, 0.6) is 0 Å². The minimum atomic E-state index is -4.78. The first-order valence-electron chi connectivity index (χ1n) is 16.7. The van der Waals surface area contributed by atoms with Gasteiger partial charge in [0.2, 0.25) is 5.91 Å². The Hall–Kier alpha value is -3.71. The van der Waals surface area contributed by atoms with Gasteiger partial charge in [-0.3, -0.25) is 14.4 Å². The largest absolute Gasteiger partial charge is 0.481 e. The van der Waals surface area contributed by atoms with E-state index in [2.05, 4.69) is 5.32 Å². The summed E-state index contributed by atoms with van der Waals surface area (Å²) in [6.45, 7) is 8.72. The smallest absolute Gasteiger partial charge is 0.416 e. The van der Waals surface area contributed by atoms with Crippen LogP contribution >= 0.6 is 13.5 Å². The molecule has 0 radical (unpaired) electrons. The highest BCUT2D eigenvalue weighted by Crippen LogP contribution is 2.46. The van der Waals surface area contributed by atoms with Crippen molar-refractivity contribution in [3.8, 4) is 11.1 Å². The molecular weight excluding hydrogens is 677 g/mol. The number of carbonyl (C=O) groups excluding carboxylic acids is 1. The molecule has 50 heavy (non-hydrogen) atoms. The van der Waals surface area contributed by atoms with Gasteiger partial charge in [0.15, 0.2) is 0 Å². The predicted octanol–water partition coefficient (Wildman–Crippen LogP) is 7.59. The summed E-state index contributed by atoms with van der Waals surface area (Å²) in [5.41, 5.74) is 0.533. The van der Waals surface area contributed by atoms with E-state index in [1.807, 2.05) is 4.90 Å². The van der Waals surface area contributed by atoms with Crippen LogP contribution in [0.3, 0.4) is 0 Å². The number of hydrogen-bond donors (Lipinski definition) is 2. The number of carbonyl (C=O) groups is 2.